The Hall–Kier alpha value is -8.87. The monoisotopic (exact) mass is 828 g/mol. The van der Waals surface area contributed by atoms with Crippen molar-refractivity contribution in [1.82, 2.24) is 28.7 Å². The largest absolute Gasteiger partial charge is 0.309 e. The summed E-state index contributed by atoms with van der Waals surface area (Å²) in [6.45, 7) is 0. The summed E-state index contributed by atoms with van der Waals surface area (Å²) in [6.07, 6.45) is 0. The van der Waals surface area contributed by atoms with Crippen molar-refractivity contribution in [1.29, 1.82) is 0 Å². The summed E-state index contributed by atoms with van der Waals surface area (Å²) in [4.78, 5) is 16.1. The van der Waals surface area contributed by atoms with Gasteiger partial charge < -0.3 is 9.13 Å². The van der Waals surface area contributed by atoms with Crippen molar-refractivity contribution in [2.75, 3.05) is 0 Å². The highest BCUT2D eigenvalue weighted by molar-refractivity contribution is 6.29. The van der Waals surface area contributed by atoms with E-state index in [4.69, 9.17) is 15.0 Å². The molecule has 10 aromatic carbocycles. The minimum Gasteiger partial charge on any atom is -0.309 e. The summed E-state index contributed by atoms with van der Waals surface area (Å²) in [6, 6.07) is 77.9. The Kier molecular flexibility index (Phi) is 7.59. The van der Waals surface area contributed by atoms with Crippen LogP contribution in [0.4, 0.5) is 0 Å². The van der Waals surface area contributed by atoms with E-state index in [1.54, 1.807) is 0 Å². The van der Waals surface area contributed by atoms with Crippen molar-refractivity contribution in [3.63, 3.8) is 0 Å². The number of benzene rings is 10. The van der Waals surface area contributed by atoms with Crippen molar-refractivity contribution in [3.8, 4) is 40.1 Å². The molecule has 0 spiro atoms. The van der Waals surface area contributed by atoms with Crippen molar-refractivity contribution in [2.45, 2.75) is 0 Å². The molecule has 0 amide bonds. The first-order chi connectivity index (χ1) is 32.3. The lowest BCUT2D eigenvalue weighted by Crippen LogP contribution is -2.07. The van der Waals surface area contributed by atoms with Gasteiger partial charge in [-0.25, -0.2) is 4.98 Å². The van der Waals surface area contributed by atoms with E-state index in [1.807, 2.05) is 0 Å². The molecule has 4 heterocycles. The highest BCUT2D eigenvalue weighted by Gasteiger charge is 2.23. The third-order valence-electron chi connectivity index (χ3n) is 13.3. The fraction of sp³-hybridized carbons (Fsp3) is 0. The van der Waals surface area contributed by atoms with Crippen molar-refractivity contribution >= 4 is 87.0 Å². The fourth-order valence-electron chi connectivity index (χ4n) is 10.5. The number of rotatable bonds is 5. The van der Waals surface area contributed by atoms with Crippen LogP contribution in [0, 0.1) is 0 Å². The summed E-state index contributed by atoms with van der Waals surface area (Å²) < 4.78 is 7.06. The van der Waals surface area contributed by atoms with E-state index in [2.05, 4.69) is 232 Å². The number of hydrogen-bond donors (Lipinski definition) is 0. The molecule has 6 heteroatoms. The van der Waals surface area contributed by atoms with Crippen LogP contribution in [0.25, 0.3) is 127 Å². The van der Waals surface area contributed by atoms with Gasteiger partial charge in [-0.05, 0) is 76.1 Å². The van der Waals surface area contributed by atoms with Crippen LogP contribution in [0.5, 0.6) is 0 Å². The van der Waals surface area contributed by atoms with Crippen LogP contribution < -0.4 is 0 Å². The van der Waals surface area contributed by atoms with Gasteiger partial charge in [0.05, 0.1) is 33.1 Å². The smallest absolute Gasteiger partial charge is 0.238 e. The number of aromatic nitrogens is 6. The van der Waals surface area contributed by atoms with Crippen LogP contribution in [0.3, 0.4) is 0 Å². The second-order valence-corrected chi connectivity index (χ2v) is 16.8. The van der Waals surface area contributed by atoms with E-state index < -0.39 is 0 Å². The lowest BCUT2D eigenvalue weighted by Gasteiger charge is -2.14. The first-order valence-corrected chi connectivity index (χ1v) is 22.0. The first kappa shape index (κ1) is 35.7. The Morgan fingerprint density at radius 3 is 1.29 bits per heavy atom. The van der Waals surface area contributed by atoms with Crippen LogP contribution in [0.2, 0.25) is 0 Å². The highest BCUT2D eigenvalue weighted by Crippen LogP contribution is 2.43. The van der Waals surface area contributed by atoms with Gasteiger partial charge in [0.2, 0.25) is 5.95 Å². The quantitative estimate of drug-likeness (QED) is 0.174. The summed E-state index contributed by atoms with van der Waals surface area (Å²) in [5.74, 6) is 1.81. The summed E-state index contributed by atoms with van der Waals surface area (Å²) in [7, 11) is 0. The maximum absolute atomic E-state index is 5.42. The molecule has 14 rings (SSSR count). The predicted octanol–water partition coefficient (Wildman–Crippen LogP) is 14.8. The summed E-state index contributed by atoms with van der Waals surface area (Å²) in [5, 5.41) is 11.6. The predicted molar refractivity (Wildman–Crippen MR) is 269 cm³/mol. The molecule has 0 aliphatic heterocycles. The van der Waals surface area contributed by atoms with Gasteiger partial charge in [0.25, 0.3) is 0 Å². The van der Waals surface area contributed by atoms with Gasteiger partial charge in [0.15, 0.2) is 11.6 Å². The van der Waals surface area contributed by atoms with E-state index in [9.17, 15) is 0 Å². The van der Waals surface area contributed by atoms with E-state index in [0.717, 1.165) is 76.9 Å². The van der Waals surface area contributed by atoms with Gasteiger partial charge in [-0.2, -0.15) is 9.97 Å². The van der Waals surface area contributed by atoms with Crippen molar-refractivity contribution in [2.24, 2.45) is 0 Å². The van der Waals surface area contributed by atoms with E-state index >= 15 is 0 Å². The van der Waals surface area contributed by atoms with Crippen LogP contribution in [0.15, 0.2) is 218 Å². The molecule has 0 N–H and O–H groups in total. The van der Waals surface area contributed by atoms with Crippen molar-refractivity contribution < 1.29 is 0 Å². The zero-order valence-electron chi connectivity index (χ0n) is 35.0. The van der Waals surface area contributed by atoms with Gasteiger partial charge in [-0.15, -0.1) is 0 Å². The molecule has 0 saturated carbocycles. The third kappa shape index (κ3) is 5.25. The SMILES string of the molecule is c1ccc(-n2c3ccccc3c3c4c5ccccc5n(-c5ccc6c7ccccc7n(-c7nc(-c8cccc9ccccc89)nc(-c8cccc9ccccc89)n7)c6c5)c4ccc32)cc1. The topological polar surface area (TPSA) is 53.5 Å². The Labute approximate surface area is 372 Å². The molecule has 0 unspecified atom stereocenters. The summed E-state index contributed by atoms with van der Waals surface area (Å²) >= 11 is 0. The standard InChI is InChI=1S/C59H36N6/c1-2-20-39(21-3-1)63-50-30-12-9-25-47(50)55-52(63)34-35-53-56(55)48-26-10-13-31-51(48)64(53)40-32-33-44-43-24-8-11-29-49(43)65(54(44)36-40)59-61-57(45-27-14-18-37-16-4-6-22-41(37)45)60-58(62-59)46-28-15-19-38-17-5-7-23-42(38)46/h1-36H. The van der Waals surface area contributed by atoms with E-state index in [-0.39, 0.29) is 0 Å². The second kappa shape index (κ2) is 13.8. The molecule has 0 aliphatic rings. The van der Waals surface area contributed by atoms with Crippen LogP contribution in [0.1, 0.15) is 0 Å². The molecule has 0 fully saturated rings. The molecular weight excluding hydrogens is 793 g/mol. The molecule has 0 aliphatic carbocycles. The van der Waals surface area contributed by atoms with Gasteiger partial charge in [0, 0.05) is 54.8 Å². The van der Waals surface area contributed by atoms with Gasteiger partial charge in [-0.3, -0.25) is 4.57 Å². The molecule has 0 saturated heterocycles. The lowest BCUT2D eigenvalue weighted by molar-refractivity contribution is 0.954. The average Bonchev–Trinajstić information content (AvgIpc) is 4.01. The minimum atomic E-state index is 0.562. The van der Waals surface area contributed by atoms with Crippen molar-refractivity contribution in [3.05, 3.63) is 218 Å². The first-order valence-electron chi connectivity index (χ1n) is 22.0. The fourth-order valence-corrected chi connectivity index (χ4v) is 10.5. The molecule has 0 bridgehead atoms. The minimum absolute atomic E-state index is 0.562. The number of para-hydroxylation sites is 4. The number of nitrogens with zero attached hydrogens (tertiary/aromatic N) is 6. The van der Waals surface area contributed by atoms with Gasteiger partial charge in [-0.1, -0.05) is 164 Å². The maximum atomic E-state index is 5.42. The molecule has 0 radical (unpaired) electrons. The average molecular weight is 829 g/mol. The molecule has 65 heavy (non-hydrogen) atoms. The van der Waals surface area contributed by atoms with Gasteiger partial charge >= 0.3 is 0 Å². The Bertz CT molecular complexity index is 4140. The van der Waals surface area contributed by atoms with Gasteiger partial charge in [0.1, 0.15) is 0 Å². The number of hydrogen-bond acceptors (Lipinski definition) is 3. The highest BCUT2D eigenvalue weighted by atomic mass is 15.2. The van der Waals surface area contributed by atoms with Crippen LogP contribution >= 0.6 is 0 Å². The third-order valence-corrected chi connectivity index (χ3v) is 13.3. The summed E-state index contributed by atoms with van der Waals surface area (Å²) in [5.41, 5.74) is 10.8. The molecule has 6 nitrogen and oxygen atoms in total. The Morgan fingerprint density at radius 2 is 0.708 bits per heavy atom. The molecule has 14 aromatic rings. The molecule has 0 atom stereocenters. The van der Waals surface area contributed by atoms with Crippen LogP contribution in [-0.4, -0.2) is 28.7 Å². The molecular formula is C59H36N6. The lowest BCUT2D eigenvalue weighted by atomic mass is 10.0. The molecule has 302 valence electrons. The van der Waals surface area contributed by atoms with E-state index in [1.165, 1.54) is 32.6 Å². The van der Waals surface area contributed by atoms with Crippen LogP contribution in [-0.2, 0) is 0 Å². The Balaban J connectivity index is 1.06. The maximum Gasteiger partial charge on any atom is 0.238 e. The molecule has 4 aromatic heterocycles. The number of fused-ring (bicyclic) bond motifs is 12. The Morgan fingerprint density at radius 1 is 0.262 bits per heavy atom. The zero-order valence-corrected chi connectivity index (χ0v) is 35.0. The second-order valence-electron chi connectivity index (χ2n) is 16.8. The zero-order chi connectivity index (χ0) is 42.6. The normalized spacial score (nSPS) is 12.0. The van der Waals surface area contributed by atoms with E-state index in [0.29, 0.717) is 17.6 Å².